The molecule has 1 aromatic rings. The van der Waals surface area contributed by atoms with Crippen molar-refractivity contribution in [1.29, 1.82) is 0 Å². The average molecular weight is 224 g/mol. The molecule has 0 saturated heterocycles. The van der Waals surface area contributed by atoms with Crippen LogP contribution in [0.4, 0.5) is 0 Å². The highest BCUT2D eigenvalue weighted by Gasteiger charge is 2.28. The van der Waals surface area contributed by atoms with Crippen LogP contribution in [0.3, 0.4) is 0 Å². The van der Waals surface area contributed by atoms with Crippen LogP contribution in [0, 0.1) is 0 Å². The van der Waals surface area contributed by atoms with Crippen LogP contribution in [0.15, 0.2) is 16.5 Å². The van der Waals surface area contributed by atoms with E-state index < -0.39 is 0 Å². The number of hydrogen-bond acceptors (Lipinski definition) is 3. The van der Waals surface area contributed by atoms with E-state index in [-0.39, 0.29) is 11.4 Å². The molecule has 0 spiro atoms. The number of nitrogens with two attached hydrogens (primary N) is 1. The van der Waals surface area contributed by atoms with Crippen molar-refractivity contribution in [3.63, 3.8) is 0 Å². The molecule has 0 atom stereocenters. The van der Waals surface area contributed by atoms with Gasteiger partial charge in [-0.3, -0.25) is 4.79 Å². The smallest absolute Gasteiger partial charge is 0.289 e. The number of rotatable bonds is 4. The van der Waals surface area contributed by atoms with Crippen LogP contribution in [0.25, 0.3) is 0 Å². The Hall–Kier alpha value is -1.29. The molecule has 0 bridgehead atoms. The predicted molar refractivity (Wildman–Crippen MR) is 63.3 cm³/mol. The number of nitrogens with zero attached hydrogens (tertiary/aromatic N) is 1. The number of carbonyl (C=O) groups is 1. The van der Waals surface area contributed by atoms with Gasteiger partial charge in [0.1, 0.15) is 5.76 Å². The van der Waals surface area contributed by atoms with Crippen LogP contribution in [0.1, 0.15) is 37.1 Å². The summed E-state index contributed by atoms with van der Waals surface area (Å²) in [5, 5.41) is 0. The Kier molecular flexibility index (Phi) is 3.75. The first-order valence-corrected chi connectivity index (χ1v) is 5.49. The molecule has 0 aromatic carbocycles. The van der Waals surface area contributed by atoms with Gasteiger partial charge in [0.2, 0.25) is 0 Å². The van der Waals surface area contributed by atoms with E-state index in [2.05, 4.69) is 0 Å². The fourth-order valence-corrected chi connectivity index (χ4v) is 1.26. The zero-order valence-corrected chi connectivity index (χ0v) is 10.4. The Morgan fingerprint density at radius 1 is 1.50 bits per heavy atom. The van der Waals surface area contributed by atoms with E-state index in [0.29, 0.717) is 12.3 Å². The van der Waals surface area contributed by atoms with Crippen molar-refractivity contribution in [2.45, 2.75) is 32.7 Å². The molecular weight excluding hydrogens is 204 g/mol. The molecule has 0 aliphatic rings. The van der Waals surface area contributed by atoms with Crippen molar-refractivity contribution in [2.75, 3.05) is 13.6 Å². The van der Waals surface area contributed by atoms with Crippen molar-refractivity contribution in [1.82, 2.24) is 4.90 Å². The molecule has 1 rings (SSSR count). The summed E-state index contributed by atoms with van der Waals surface area (Å²) >= 11 is 0. The SMILES string of the molecule is CCc1ccc(C(=O)N(C)C(C)(C)CN)o1. The highest BCUT2D eigenvalue weighted by atomic mass is 16.4. The van der Waals surface area contributed by atoms with E-state index in [1.807, 2.05) is 26.8 Å². The molecule has 1 amide bonds. The minimum absolute atomic E-state index is 0.129. The first-order chi connectivity index (χ1) is 7.42. The molecular formula is C12H20N2O2. The van der Waals surface area contributed by atoms with E-state index in [1.165, 1.54) is 0 Å². The second kappa shape index (κ2) is 4.70. The number of likely N-dealkylation sites (N-methyl/N-ethyl adjacent to an activating group) is 1. The van der Waals surface area contributed by atoms with Gasteiger partial charge in [0, 0.05) is 25.6 Å². The lowest BCUT2D eigenvalue weighted by atomic mass is 10.0. The lowest BCUT2D eigenvalue weighted by Gasteiger charge is -2.33. The average Bonchev–Trinajstić information content (AvgIpc) is 2.75. The molecule has 1 heterocycles. The quantitative estimate of drug-likeness (QED) is 0.846. The summed E-state index contributed by atoms with van der Waals surface area (Å²) in [6, 6.07) is 3.54. The maximum Gasteiger partial charge on any atom is 0.289 e. The van der Waals surface area contributed by atoms with Crippen molar-refractivity contribution in [3.8, 4) is 0 Å². The molecule has 0 aliphatic heterocycles. The van der Waals surface area contributed by atoms with E-state index in [1.54, 1.807) is 18.0 Å². The topological polar surface area (TPSA) is 59.5 Å². The van der Waals surface area contributed by atoms with E-state index in [9.17, 15) is 4.79 Å². The summed E-state index contributed by atoms with van der Waals surface area (Å²) in [6.07, 6.45) is 0.789. The first-order valence-electron chi connectivity index (χ1n) is 5.49. The van der Waals surface area contributed by atoms with Gasteiger partial charge in [0.05, 0.1) is 0 Å². The molecule has 90 valence electrons. The third-order valence-electron chi connectivity index (χ3n) is 2.93. The van der Waals surface area contributed by atoms with Gasteiger partial charge in [-0.2, -0.15) is 0 Å². The maximum atomic E-state index is 12.1. The van der Waals surface area contributed by atoms with Crippen LogP contribution in [-0.2, 0) is 6.42 Å². The standard InChI is InChI=1S/C12H20N2O2/c1-5-9-6-7-10(16-9)11(15)14(4)12(2,3)8-13/h6-7H,5,8,13H2,1-4H3. The molecule has 1 aromatic heterocycles. The van der Waals surface area contributed by atoms with Crippen LogP contribution < -0.4 is 5.73 Å². The third kappa shape index (κ3) is 2.44. The summed E-state index contributed by atoms with van der Waals surface area (Å²) in [7, 11) is 1.74. The lowest BCUT2D eigenvalue weighted by molar-refractivity contribution is 0.0606. The number of carbonyl (C=O) groups excluding carboxylic acids is 1. The van der Waals surface area contributed by atoms with Gasteiger partial charge in [-0.15, -0.1) is 0 Å². The van der Waals surface area contributed by atoms with Crippen LogP contribution in [0.5, 0.6) is 0 Å². The number of furan rings is 1. The maximum absolute atomic E-state index is 12.1. The lowest BCUT2D eigenvalue weighted by Crippen LogP contribution is -2.49. The molecule has 0 radical (unpaired) electrons. The number of aryl methyl sites for hydroxylation is 1. The molecule has 2 N–H and O–H groups in total. The zero-order chi connectivity index (χ0) is 12.3. The van der Waals surface area contributed by atoms with Gasteiger partial charge < -0.3 is 15.1 Å². The molecule has 0 fully saturated rings. The van der Waals surface area contributed by atoms with Crippen molar-refractivity contribution >= 4 is 5.91 Å². The summed E-state index contributed by atoms with van der Waals surface area (Å²) in [5.74, 6) is 1.07. The van der Waals surface area contributed by atoms with E-state index in [4.69, 9.17) is 10.2 Å². The summed E-state index contributed by atoms with van der Waals surface area (Å²) < 4.78 is 5.42. The van der Waals surface area contributed by atoms with Gasteiger partial charge >= 0.3 is 0 Å². The molecule has 0 unspecified atom stereocenters. The van der Waals surface area contributed by atoms with Crippen molar-refractivity contribution in [3.05, 3.63) is 23.7 Å². The Balaban J connectivity index is 2.85. The number of amides is 1. The first kappa shape index (κ1) is 12.8. The monoisotopic (exact) mass is 224 g/mol. The largest absolute Gasteiger partial charge is 0.456 e. The Bertz CT molecular complexity index is 369. The third-order valence-corrected chi connectivity index (χ3v) is 2.93. The van der Waals surface area contributed by atoms with Gasteiger partial charge in [0.15, 0.2) is 5.76 Å². The summed E-state index contributed by atoms with van der Waals surface area (Å²) in [4.78, 5) is 13.7. The molecule has 4 nitrogen and oxygen atoms in total. The zero-order valence-electron chi connectivity index (χ0n) is 10.4. The van der Waals surface area contributed by atoms with Crippen LogP contribution >= 0.6 is 0 Å². The molecule has 0 saturated carbocycles. The minimum atomic E-state index is -0.365. The highest BCUT2D eigenvalue weighted by molar-refractivity contribution is 5.91. The van der Waals surface area contributed by atoms with Gasteiger partial charge in [-0.1, -0.05) is 6.92 Å². The summed E-state index contributed by atoms with van der Waals surface area (Å²) in [5.41, 5.74) is 5.27. The fourth-order valence-electron chi connectivity index (χ4n) is 1.26. The second-order valence-corrected chi connectivity index (χ2v) is 4.50. The van der Waals surface area contributed by atoms with Crippen molar-refractivity contribution < 1.29 is 9.21 Å². The number of hydrogen-bond donors (Lipinski definition) is 1. The van der Waals surface area contributed by atoms with E-state index in [0.717, 1.165) is 12.2 Å². The Labute approximate surface area is 96.4 Å². The molecule has 4 heteroatoms. The Morgan fingerprint density at radius 3 is 2.56 bits per heavy atom. The van der Waals surface area contributed by atoms with Crippen molar-refractivity contribution in [2.24, 2.45) is 5.73 Å². The minimum Gasteiger partial charge on any atom is -0.456 e. The highest BCUT2D eigenvalue weighted by Crippen LogP contribution is 2.16. The normalized spacial score (nSPS) is 11.6. The Morgan fingerprint density at radius 2 is 2.12 bits per heavy atom. The van der Waals surface area contributed by atoms with E-state index >= 15 is 0 Å². The second-order valence-electron chi connectivity index (χ2n) is 4.50. The molecule has 0 aliphatic carbocycles. The van der Waals surface area contributed by atoms with Crippen LogP contribution in [-0.4, -0.2) is 29.9 Å². The molecule has 16 heavy (non-hydrogen) atoms. The predicted octanol–water partition coefficient (Wildman–Crippen LogP) is 1.65. The fraction of sp³-hybridized carbons (Fsp3) is 0.583. The summed E-state index contributed by atoms with van der Waals surface area (Å²) in [6.45, 7) is 6.25. The van der Waals surface area contributed by atoms with Crippen LogP contribution in [0.2, 0.25) is 0 Å². The van der Waals surface area contributed by atoms with Gasteiger partial charge in [0.25, 0.3) is 5.91 Å². The van der Waals surface area contributed by atoms with Gasteiger partial charge in [-0.05, 0) is 26.0 Å². The van der Waals surface area contributed by atoms with Gasteiger partial charge in [-0.25, -0.2) is 0 Å².